The lowest BCUT2D eigenvalue weighted by molar-refractivity contribution is 0.0975. The van der Waals surface area contributed by atoms with E-state index in [2.05, 4.69) is 13.0 Å². The number of hydrogen-bond donors (Lipinski definition) is 1. The first-order valence-electron chi connectivity index (χ1n) is 7.04. The van der Waals surface area contributed by atoms with Crippen LogP contribution in [-0.4, -0.2) is 11.9 Å². The molecule has 1 aliphatic rings. The van der Waals surface area contributed by atoms with Crippen LogP contribution in [0.5, 0.6) is 0 Å². The van der Waals surface area contributed by atoms with Gasteiger partial charge in [-0.15, -0.1) is 0 Å². The van der Waals surface area contributed by atoms with E-state index in [1.54, 1.807) is 18.2 Å². The van der Waals surface area contributed by atoms with Gasteiger partial charge in [-0.05, 0) is 49.6 Å². The molecule has 0 radical (unpaired) electrons. The normalized spacial score (nSPS) is 17.4. The molecule has 21 heavy (non-hydrogen) atoms. The lowest BCUT2D eigenvalue weighted by atomic mass is 9.95. The highest BCUT2D eigenvalue weighted by Gasteiger charge is 2.28. The van der Waals surface area contributed by atoms with Crippen LogP contribution in [0.1, 0.15) is 29.3 Å². The molecule has 1 heterocycles. The number of benzene rings is 2. The number of para-hydroxylation sites is 1. The lowest BCUT2D eigenvalue weighted by Gasteiger charge is -2.35. The number of carbonyl (C=O) groups excluding carboxylic acids is 1. The third-order valence-corrected chi connectivity index (χ3v) is 4.32. The summed E-state index contributed by atoms with van der Waals surface area (Å²) in [6.07, 6.45) is 1.97. The summed E-state index contributed by atoms with van der Waals surface area (Å²) in [4.78, 5) is 14.7. The van der Waals surface area contributed by atoms with Crippen LogP contribution in [0.15, 0.2) is 42.5 Å². The minimum absolute atomic E-state index is 0.0310. The zero-order valence-electron chi connectivity index (χ0n) is 11.8. The van der Waals surface area contributed by atoms with Crippen molar-refractivity contribution in [3.05, 3.63) is 58.6 Å². The molecule has 0 fully saturated rings. The number of nitrogens with zero attached hydrogens (tertiary/aromatic N) is 1. The summed E-state index contributed by atoms with van der Waals surface area (Å²) in [5.74, 6) is -0.0310. The van der Waals surface area contributed by atoms with Crippen LogP contribution < -0.4 is 10.6 Å². The van der Waals surface area contributed by atoms with Crippen LogP contribution in [0.2, 0.25) is 5.02 Å². The number of nitrogens with two attached hydrogens (primary N) is 1. The van der Waals surface area contributed by atoms with Crippen molar-refractivity contribution in [1.82, 2.24) is 0 Å². The molecule has 108 valence electrons. The van der Waals surface area contributed by atoms with Crippen molar-refractivity contribution >= 4 is 28.9 Å². The quantitative estimate of drug-likeness (QED) is 0.812. The summed E-state index contributed by atoms with van der Waals surface area (Å²) in [5, 5.41) is 0.416. The first-order chi connectivity index (χ1) is 10.1. The number of rotatable bonds is 1. The molecular formula is C17H17ClN2O. The molecule has 0 saturated heterocycles. The highest BCUT2D eigenvalue weighted by Crippen LogP contribution is 2.32. The molecule has 2 aromatic carbocycles. The van der Waals surface area contributed by atoms with Crippen molar-refractivity contribution < 1.29 is 4.79 Å². The van der Waals surface area contributed by atoms with E-state index in [1.807, 2.05) is 23.1 Å². The number of carbonyl (C=O) groups is 1. The maximum atomic E-state index is 12.9. The molecule has 0 aromatic heterocycles. The van der Waals surface area contributed by atoms with Crippen LogP contribution in [0.4, 0.5) is 11.4 Å². The monoisotopic (exact) mass is 300 g/mol. The van der Waals surface area contributed by atoms with Gasteiger partial charge in [0.05, 0.1) is 10.7 Å². The second-order valence-corrected chi connectivity index (χ2v) is 5.84. The van der Waals surface area contributed by atoms with Crippen molar-refractivity contribution in [3.8, 4) is 0 Å². The van der Waals surface area contributed by atoms with Gasteiger partial charge >= 0.3 is 0 Å². The predicted octanol–water partition coefficient (Wildman–Crippen LogP) is 3.90. The van der Waals surface area contributed by atoms with E-state index in [0.29, 0.717) is 16.3 Å². The van der Waals surface area contributed by atoms with Gasteiger partial charge in [0.2, 0.25) is 0 Å². The van der Waals surface area contributed by atoms with Crippen LogP contribution in [0.25, 0.3) is 0 Å². The Morgan fingerprint density at radius 3 is 2.81 bits per heavy atom. The number of hydrogen-bond acceptors (Lipinski definition) is 2. The number of fused-ring (bicyclic) bond motifs is 1. The third-order valence-electron chi connectivity index (χ3n) is 3.99. The van der Waals surface area contributed by atoms with Gasteiger partial charge in [-0.3, -0.25) is 4.79 Å². The number of amides is 1. The molecule has 0 aliphatic carbocycles. The van der Waals surface area contributed by atoms with Gasteiger partial charge < -0.3 is 10.6 Å². The zero-order valence-corrected chi connectivity index (χ0v) is 12.6. The van der Waals surface area contributed by atoms with Crippen LogP contribution in [0, 0.1) is 0 Å². The second kappa shape index (κ2) is 5.41. The zero-order chi connectivity index (χ0) is 15.0. The Bertz CT molecular complexity index is 699. The van der Waals surface area contributed by atoms with E-state index in [0.717, 1.165) is 18.5 Å². The molecule has 0 spiro atoms. The van der Waals surface area contributed by atoms with Gasteiger partial charge in [0.25, 0.3) is 5.91 Å². The molecule has 1 unspecified atom stereocenters. The van der Waals surface area contributed by atoms with Crippen molar-refractivity contribution in [2.45, 2.75) is 25.8 Å². The van der Waals surface area contributed by atoms with Gasteiger partial charge in [-0.2, -0.15) is 0 Å². The minimum Gasteiger partial charge on any atom is -0.398 e. The van der Waals surface area contributed by atoms with Crippen molar-refractivity contribution in [2.24, 2.45) is 0 Å². The second-order valence-electron chi connectivity index (χ2n) is 5.43. The molecular weight excluding hydrogens is 284 g/mol. The predicted molar refractivity (Wildman–Crippen MR) is 86.9 cm³/mol. The maximum absolute atomic E-state index is 12.9. The molecule has 3 nitrogen and oxygen atoms in total. The molecule has 0 saturated carbocycles. The summed E-state index contributed by atoms with van der Waals surface area (Å²) >= 11 is 6.04. The number of nitrogen functional groups attached to an aromatic ring is 1. The average Bonchev–Trinajstić information content (AvgIpc) is 2.49. The molecule has 1 atom stereocenters. The number of aryl methyl sites for hydroxylation is 1. The van der Waals surface area contributed by atoms with Gasteiger partial charge in [0, 0.05) is 17.3 Å². The van der Waals surface area contributed by atoms with E-state index in [9.17, 15) is 4.79 Å². The standard InChI is InChI=1S/C17H17ClN2O/c1-11-6-7-12-4-2-3-5-16(12)20(11)17(21)13-8-9-15(19)14(18)10-13/h2-5,8-11H,6-7,19H2,1H3. The Balaban J connectivity index is 2.02. The minimum atomic E-state index is -0.0310. The van der Waals surface area contributed by atoms with Crippen molar-refractivity contribution in [3.63, 3.8) is 0 Å². The molecule has 1 amide bonds. The Morgan fingerprint density at radius 1 is 1.29 bits per heavy atom. The number of anilines is 2. The number of halogens is 1. The third kappa shape index (κ3) is 2.49. The Kier molecular flexibility index (Phi) is 3.60. The molecule has 0 bridgehead atoms. The SMILES string of the molecule is CC1CCc2ccccc2N1C(=O)c1ccc(N)c(Cl)c1. The fourth-order valence-electron chi connectivity index (χ4n) is 2.80. The van der Waals surface area contributed by atoms with Gasteiger partial charge in [-0.1, -0.05) is 29.8 Å². The first kappa shape index (κ1) is 14.0. The van der Waals surface area contributed by atoms with Gasteiger partial charge in [0.1, 0.15) is 0 Å². The first-order valence-corrected chi connectivity index (χ1v) is 7.42. The summed E-state index contributed by atoms with van der Waals surface area (Å²) in [6, 6.07) is 13.3. The van der Waals surface area contributed by atoms with Crippen molar-refractivity contribution in [2.75, 3.05) is 10.6 Å². The molecule has 1 aliphatic heterocycles. The topological polar surface area (TPSA) is 46.3 Å². The van der Waals surface area contributed by atoms with Crippen LogP contribution in [0.3, 0.4) is 0 Å². The molecule has 3 rings (SSSR count). The molecule has 2 N–H and O–H groups in total. The summed E-state index contributed by atoms with van der Waals surface area (Å²) in [7, 11) is 0. The summed E-state index contributed by atoms with van der Waals surface area (Å²) in [5.41, 5.74) is 8.98. The van der Waals surface area contributed by atoms with E-state index in [4.69, 9.17) is 17.3 Å². The fraction of sp³-hybridized carbons (Fsp3) is 0.235. The van der Waals surface area contributed by atoms with Crippen molar-refractivity contribution in [1.29, 1.82) is 0 Å². The Labute approximate surface area is 129 Å². The Hall–Kier alpha value is -2.00. The molecule has 4 heteroatoms. The fourth-order valence-corrected chi connectivity index (χ4v) is 2.98. The van der Waals surface area contributed by atoms with Crippen LogP contribution in [-0.2, 0) is 6.42 Å². The summed E-state index contributed by atoms with van der Waals surface area (Å²) in [6.45, 7) is 2.08. The smallest absolute Gasteiger partial charge is 0.258 e. The van der Waals surface area contributed by atoms with Crippen LogP contribution >= 0.6 is 11.6 Å². The van der Waals surface area contributed by atoms with E-state index in [1.165, 1.54) is 5.56 Å². The Morgan fingerprint density at radius 2 is 2.05 bits per heavy atom. The average molecular weight is 301 g/mol. The summed E-state index contributed by atoms with van der Waals surface area (Å²) < 4.78 is 0. The molecule has 2 aromatic rings. The van der Waals surface area contributed by atoms with Gasteiger partial charge in [-0.25, -0.2) is 0 Å². The van der Waals surface area contributed by atoms with E-state index in [-0.39, 0.29) is 11.9 Å². The highest BCUT2D eigenvalue weighted by atomic mass is 35.5. The maximum Gasteiger partial charge on any atom is 0.258 e. The van der Waals surface area contributed by atoms with Gasteiger partial charge in [0.15, 0.2) is 0 Å². The largest absolute Gasteiger partial charge is 0.398 e. The van der Waals surface area contributed by atoms with E-state index < -0.39 is 0 Å². The lowest BCUT2D eigenvalue weighted by Crippen LogP contribution is -2.42. The van der Waals surface area contributed by atoms with E-state index >= 15 is 0 Å². The highest BCUT2D eigenvalue weighted by molar-refractivity contribution is 6.33.